The number of benzene rings is 1. The molecule has 0 bridgehead atoms. The van der Waals surface area contributed by atoms with Crippen molar-refractivity contribution in [3.63, 3.8) is 0 Å². The van der Waals surface area contributed by atoms with E-state index in [1.54, 1.807) is 30.5 Å². The van der Waals surface area contributed by atoms with Crippen molar-refractivity contribution in [1.29, 1.82) is 0 Å². The summed E-state index contributed by atoms with van der Waals surface area (Å²) in [6.07, 6.45) is 1.66. The molecule has 0 saturated heterocycles. The summed E-state index contributed by atoms with van der Waals surface area (Å²) in [7, 11) is 0. The van der Waals surface area contributed by atoms with Crippen molar-refractivity contribution >= 4 is 23.2 Å². The van der Waals surface area contributed by atoms with Crippen LogP contribution >= 0.6 is 23.2 Å². The van der Waals surface area contributed by atoms with Gasteiger partial charge in [-0.2, -0.15) is 0 Å². The number of hydrogen-bond donors (Lipinski definition) is 0. The van der Waals surface area contributed by atoms with Gasteiger partial charge in [-0.25, -0.2) is 0 Å². The Bertz CT molecular complexity index is 488. The Morgan fingerprint density at radius 1 is 1.12 bits per heavy atom. The third kappa shape index (κ3) is 2.87. The molecule has 0 spiro atoms. The number of pyridine rings is 1. The molecule has 0 unspecified atom stereocenters. The molecule has 0 radical (unpaired) electrons. The highest BCUT2D eigenvalue weighted by Gasteiger charge is 2.00. The zero-order valence-corrected chi connectivity index (χ0v) is 9.87. The van der Waals surface area contributed by atoms with Gasteiger partial charge in [0.1, 0.15) is 11.5 Å². The van der Waals surface area contributed by atoms with Crippen molar-refractivity contribution in [2.75, 3.05) is 0 Å². The van der Waals surface area contributed by atoms with E-state index in [1.165, 1.54) is 0 Å². The van der Waals surface area contributed by atoms with E-state index in [9.17, 15) is 0 Å². The first kappa shape index (κ1) is 11.2. The van der Waals surface area contributed by atoms with Gasteiger partial charge in [-0.05, 0) is 24.3 Å². The van der Waals surface area contributed by atoms with Gasteiger partial charge in [0.05, 0.1) is 11.6 Å². The molecule has 0 N–H and O–H groups in total. The Hall–Kier alpha value is -1.25. The van der Waals surface area contributed by atoms with Gasteiger partial charge in [-0.1, -0.05) is 17.7 Å². The normalized spacial score (nSPS) is 10.1. The number of ether oxygens (including phenoxy) is 1. The monoisotopic (exact) mass is 253 g/mol. The molecule has 0 amide bonds. The van der Waals surface area contributed by atoms with Gasteiger partial charge >= 0.3 is 0 Å². The summed E-state index contributed by atoms with van der Waals surface area (Å²) < 4.78 is 5.62. The van der Waals surface area contributed by atoms with Crippen molar-refractivity contribution in [3.8, 4) is 11.5 Å². The zero-order chi connectivity index (χ0) is 11.4. The first-order valence-corrected chi connectivity index (χ1v) is 5.63. The molecule has 4 heteroatoms. The van der Waals surface area contributed by atoms with Crippen LogP contribution in [0, 0.1) is 0 Å². The van der Waals surface area contributed by atoms with Crippen molar-refractivity contribution in [1.82, 2.24) is 4.98 Å². The predicted octanol–water partition coefficient (Wildman–Crippen LogP) is 4.27. The van der Waals surface area contributed by atoms with E-state index in [4.69, 9.17) is 27.9 Å². The maximum Gasteiger partial charge on any atom is 0.130 e. The van der Waals surface area contributed by atoms with Crippen LogP contribution in [0.25, 0.3) is 0 Å². The van der Waals surface area contributed by atoms with Gasteiger partial charge in [-0.15, -0.1) is 11.6 Å². The van der Waals surface area contributed by atoms with Gasteiger partial charge in [-0.3, -0.25) is 4.98 Å². The SMILES string of the molecule is ClCc1cc(Oc2cccc(Cl)c2)ccn1. The molecule has 16 heavy (non-hydrogen) atoms. The van der Waals surface area contributed by atoms with Crippen molar-refractivity contribution < 1.29 is 4.74 Å². The van der Waals surface area contributed by atoms with Crippen molar-refractivity contribution in [2.45, 2.75) is 5.88 Å². The average Bonchev–Trinajstić information content (AvgIpc) is 2.29. The summed E-state index contributed by atoms with van der Waals surface area (Å²) in [5, 5.41) is 0.643. The molecule has 0 atom stereocenters. The number of hydrogen-bond acceptors (Lipinski definition) is 2. The largest absolute Gasteiger partial charge is 0.457 e. The summed E-state index contributed by atoms with van der Waals surface area (Å²) in [4.78, 5) is 4.08. The molecule has 1 heterocycles. The van der Waals surface area contributed by atoms with Crippen LogP contribution in [-0.2, 0) is 5.88 Å². The minimum atomic E-state index is 0.368. The molecule has 2 rings (SSSR count). The molecular weight excluding hydrogens is 245 g/mol. The quantitative estimate of drug-likeness (QED) is 0.763. The van der Waals surface area contributed by atoms with Crippen LogP contribution < -0.4 is 4.74 Å². The van der Waals surface area contributed by atoms with E-state index in [0.29, 0.717) is 22.4 Å². The predicted molar refractivity (Wildman–Crippen MR) is 65.3 cm³/mol. The maximum absolute atomic E-state index is 5.86. The molecule has 2 aromatic rings. The smallest absolute Gasteiger partial charge is 0.130 e. The highest BCUT2D eigenvalue weighted by atomic mass is 35.5. The fourth-order valence-electron chi connectivity index (χ4n) is 1.26. The van der Waals surface area contributed by atoms with Gasteiger partial charge in [0.25, 0.3) is 0 Å². The molecule has 0 aliphatic rings. The Kier molecular flexibility index (Phi) is 3.65. The van der Waals surface area contributed by atoms with E-state index in [2.05, 4.69) is 4.98 Å². The van der Waals surface area contributed by atoms with Crippen LogP contribution in [0.2, 0.25) is 5.02 Å². The van der Waals surface area contributed by atoms with Crippen LogP contribution in [0.15, 0.2) is 42.6 Å². The third-order valence-electron chi connectivity index (χ3n) is 1.96. The molecule has 1 aromatic heterocycles. The fourth-order valence-corrected chi connectivity index (χ4v) is 1.59. The first-order chi connectivity index (χ1) is 7.78. The van der Waals surface area contributed by atoms with Crippen LogP contribution in [0.3, 0.4) is 0 Å². The molecule has 2 nitrogen and oxygen atoms in total. The van der Waals surface area contributed by atoms with Gasteiger partial charge < -0.3 is 4.74 Å². The molecular formula is C12H9Cl2NO. The molecule has 0 saturated carbocycles. The average molecular weight is 254 g/mol. The highest BCUT2D eigenvalue weighted by Crippen LogP contribution is 2.24. The molecule has 82 valence electrons. The van der Waals surface area contributed by atoms with Crippen LogP contribution in [-0.4, -0.2) is 4.98 Å². The lowest BCUT2D eigenvalue weighted by Crippen LogP contribution is -1.88. The van der Waals surface area contributed by atoms with E-state index >= 15 is 0 Å². The topological polar surface area (TPSA) is 22.1 Å². The molecule has 1 aromatic carbocycles. The van der Waals surface area contributed by atoms with Crippen LogP contribution in [0.5, 0.6) is 11.5 Å². The van der Waals surface area contributed by atoms with E-state index in [-0.39, 0.29) is 0 Å². The van der Waals surface area contributed by atoms with E-state index in [0.717, 1.165) is 5.69 Å². The fraction of sp³-hybridized carbons (Fsp3) is 0.0833. The van der Waals surface area contributed by atoms with Crippen LogP contribution in [0.1, 0.15) is 5.69 Å². The maximum atomic E-state index is 5.86. The van der Waals surface area contributed by atoms with Gasteiger partial charge in [0.2, 0.25) is 0 Å². The molecule has 0 aliphatic carbocycles. The molecule has 0 aliphatic heterocycles. The lowest BCUT2D eigenvalue weighted by atomic mass is 10.3. The zero-order valence-electron chi connectivity index (χ0n) is 8.36. The Morgan fingerprint density at radius 3 is 2.69 bits per heavy atom. The minimum absolute atomic E-state index is 0.368. The number of alkyl halides is 1. The van der Waals surface area contributed by atoms with Crippen molar-refractivity contribution in [2.24, 2.45) is 0 Å². The Balaban J connectivity index is 2.20. The lowest BCUT2D eigenvalue weighted by Gasteiger charge is -2.06. The second-order valence-electron chi connectivity index (χ2n) is 3.18. The van der Waals surface area contributed by atoms with Gasteiger partial charge in [0, 0.05) is 17.3 Å². The first-order valence-electron chi connectivity index (χ1n) is 4.72. The summed E-state index contributed by atoms with van der Waals surface area (Å²) >= 11 is 11.5. The van der Waals surface area contributed by atoms with Gasteiger partial charge in [0.15, 0.2) is 0 Å². The number of rotatable bonds is 3. The second kappa shape index (κ2) is 5.19. The second-order valence-corrected chi connectivity index (χ2v) is 3.88. The number of halogens is 2. The molecule has 0 fully saturated rings. The summed E-state index contributed by atoms with van der Waals surface area (Å²) in [5.41, 5.74) is 0.779. The van der Waals surface area contributed by atoms with E-state index in [1.807, 2.05) is 12.1 Å². The Labute approximate surface area is 104 Å². The number of aromatic nitrogens is 1. The van der Waals surface area contributed by atoms with Crippen LogP contribution in [0.4, 0.5) is 0 Å². The van der Waals surface area contributed by atoms with Crippen molar-refractivity contribution in [3.05, 3.63) is 53.3 Å². The lowest BCUT2D eigenvalue weighted by molar-refractivity contribution is 0.481. The highest BCUT2D eigenvalue weighted by molar-refractivity contribution is 6.30. The number of nitrogens with zero attached hydrogens (tertiary/aromatic N) is 1. The Morgan fingerprint density at radius 2 is 1.94 bits per heavy atom. The third-order valence-corrected chi connectivity index (χ3v) is 2.47. The summed E-state index contributed by atoms with van der Waals surface area (Å²) in [5.74, 6) is 1.76. The standard InChI is InChI=1S/C12H9Cl2NO/c13-8-10-7-12(4-5-15-10)16-11-3-1-2-9(14)6-11/h1-7H,8H2. The summed E-state index contributed by atoms with van der Waals surface area (Å²) in [6, 6.07) is 10.8. The summed E-state index contributed by atoms with van der Waals surface area (Å²) in [6.45, 7) is 0. The van der Waals surface area contributed by atoms with E-state index < -0.39 is 0 Å². The minimum Gasteiger partial charge on any atom is -0.457 e.